The normalized spacial score (nSPS) is 15.8. The van der Waals surface area contributed by atoms with Crippen molar-refractivity contribution in [1.82, 2.24) is 5.32 Å². The van der Waals surface area contributed by atoms with E-state index in [9.17, 15) is 0 Å². The largest absolute Gasteiger partial charge is 0.316 e. The topological polar surface area (TPSA) is 12.0 Å². The van der Waals surface area contributed by atoms with E-state index in [-0.39, 0.29) is 0 Å². The Balaban J connectivity index is 2.27. The van der Waals surface area contributed by atoms with E-state index >= 15 is 0 Å². The Kier molecular flexibility index (Phi) is 2.00. The quantitative estimate of drug-likeness (QED) is 0.738. The van der Waals surface area contributed by atoms with E-state index in [1.54, 1.807) is 0 Å². The number of hydrogen-bond donors (Lipinski definition) is 1. The van der Waals surface area contributed by atoms with Crippen LogP contribution in [0.25, 0.3) is 10.8 Å². The Morgan fingerprint density at radius 2 is 2.00 bits per heavy atom. The fraction of sp³-hybridized carbons (Fsp3) is 0.286. The Morgan fingerprint density at radius 3 is 2.80 bits per heavy atom. The van der Waals surface area contributed by atoms with Gasteiger partial charge in [-0.15, -0.1) is 0 Å². The summed E-state index contributed by atoms with van der Waals surface area (Å²) in [5.74, 6) is 0. The highest BCUT2D eigenvalue weighted by Crippen LogP contribution is 2.29. The van der Waals surface area contributed by atoms with E-state index in [1.807, 2.05) is 13.1 Å². The van der Waals surface area contributed by atoms with Crippen molar-refractivity contribution in [3.05, 3.63) is 47.5 Å². The molecular formula is C14H14N. The third-order valence-electron chi connectivity index (χ3n) is 3.34. The molecule has 1 aliphatic carbocycles. The monoisotopic (exact) mass is 196 g/mol. The maximum Gasteiger partial charge on any atom is 0.0145 e. The SMILES string of the molecule is CNC1Cc2cc[c]c3cccc(c23)C1. The molecule has 0 amide bonds. The molecular weight excluding hydrogens is 182 g/mol. The maximum atomic E-state index is 3.38. The van der Waals surface area contributed by atoms with Gasteiger partial charge >= 0.3 is 0 Å². The second-order valence-corrected chi connectivity index (χ2v) is 4.24. The maximum absolute atomic E-state index is 3.38. The number of rotatable bonds is 1. The van der Waals surface area contributed by atoms with Gasteiger partial charge in [-0.2, -0.15) is 0 Å². The molecule has 0 spiro atoms. The zero-order valence-electron chi connectivity index (χ0n) is 8.88. The summed E-state index contributed by atoms with van der Waals surface area (Å²) in [6.45, 7) is 0. The standard InChI is InChI=1S/C14H14N/c1-15-13-8-11-6-2-4-10-5-3-7-12(9-13)14(10)11/h2-4,6-7,13,15H,8-9H2,1H3. The van der Waals surface area contributed by atoms with E-state index in [2.05, 4.69) is 35.6 Å². The van der Waals surface area contributed by atoms with Crippen LogP contribution < -0.4 is 5.32 Å². The van der Waals surface area contributed by atoms with Crippen LogP contribution >= 0.6 is 0 Å². The van der Waals surface area contributed by atoms with Crippen molar-refractivity contribution in [2.24, 2.45) is 0 Å². The van der Waals surface area contributed by atoms with Crippen molar-refractivity contribution < 1.29 is 0 Å². The molecule has 1 atom stereocenters. The van der Waals surface area contributed by atoms with Gasteiger partial charge in [0.1, 0.15) is 0 Å². The minimum atomic E-state index is 0.588. The molecule has 1 nitrogen and oxygen atoms in total. The first-order chi connectivity index (χ1) is 7.38. The predicted octanol–water partition coefficient (Wildman–Crippen LogP) is 2.33. The Hall–Kier alpha value is -1.34. The van der Waals surface area contributed by atoms with E-state index in [0.29, 0.717) is 6.04 Å². The minimum absolute atomic E-state index is 0.588. The number of hydrogen-bond acceptors (Lipinski definition) is 1. The van der Waals surface area contributed by atoms with Crippen molar-refractivity contribution in [2.75, 3.05) is 7.05 Å². The molecule has 2 aromatic rings. The number of nitrogens with one attached hydrogen (secondary N) is 1. The molecule has 3 rings (SSSR count). The van der Waals surface area contributed by atoms with E-state index in [0.717, 1.165) is 12.8 Å². The fourth-order valence-electron chi connectivity index (χ4n) is 2.56. The summed E-state index contributed by atoms with van der Waals surface area (Å²) in [4.78, 5) is 0. The molecule has 1 heteroatoms. The summed E-state index contributed by atoms with van der Waals surface area (Å²) in [6.07, 6.45) is 2.28. The Bertz CT molecular complexity index is 461. The van der Waals surface area contributed by atoms with Crippen LogP contribution in [0.3, 0.4) is 0 Å². The van der Waals surface area contributed by atoms with Crippen LogP contribution in [-0.2, 0) is 12.8 Å². The van der Waals surface area contributed by atoms with Gasteiger partial charge in [-0.1, -0.05) is 30.3 Å². The van der Waals surface area contributed by atoms with Gasteiger partial charge in [-0.05, 0) is 47.9 Å². The molecule has 0 heterocycles. The Morgan fingerprint density at radius 1 is 1.20 bits per heavy atom. The molecule has 0 saturated carbocycles. The van der Waals surface area contributed by atoms with E-state index in [4.69, 9.17) is 0 Å². The predicted molar refractivity (Wildman–Crippen MR) is 63.0 cm³/mol. The molecule has 0 aromatic heterocycles. The van der Waals surface area contributed by atoms with Crippen LogP contribution in [0.1, 0.15) is 11.1 Å². The average Bonchev–Trinajstić information content (AvgIpc) is 2.29. The van der Waals surface area contributed by atoms with Crippen LogP contribution in [-0.4, -0.2) is 13.1 Å². The number of benzene rings is 2. The lowest BCUT2D eigenvalue weighted by Crippen LogP contribution is -2.32. The summed E-state index contributed by atoms with van der Waals surface area (Å²) in [7, 11) is 2.05. The Labute approximate surface area is 90.1 Å². The summed E-state index contributed by atoms with van der Waals surface area (Å²) in [5.41, 5.74) is 2.93. The van der Waals surface area contributed by atoms with Gasteiger partial charge in [0, 0.05) is 6.04 Å². The van der Waals surface area contributed by atoms with Crippen molar-refractivity contribution in [1.29, 1.82) is 0 Å². The zero-order valence-corrected chi connectivity index (χ0v) is 8.88. The van der Waals surface area contributed by atoms with Crippen LogP contribution in [0.5, 0.6) is 0 Å². The third-order valence-corrected chi connectivity index (χ3v) is 3.34. The molecule has 1 radical (unpaired) electrons. The van der Waals surface area contributed by atoms with Crippen molar-refractivity contribution in [3.8, 4) is 0 Å². The van der Waals surface area contributed by atoms with Gasteiger partial charge in [-0.25, -0.2) is 0 Å². The minimum Gasteiger partial charge on any atom is -0.316 e. The second kappa shape index (κ2) is 3.35. The first-order valence-corrected chi connectivity index (χ1v) is 5.47. The summed E-state index contributed by atoms with van der Waals surface area (Å²) in [6, 6.07) is 14.7. The lowest BCUT2D eigenvalue weighted by Gasteiger charge is -2.24. The fourth-order valence-corrected chi connectivity index (χ4v) is 2.56. The molecule has 0 aliphatic heterocycles. The molecule has 1 N–H and O–H groups in total. The van der Waals surface area contributed by atoms with Crippen molar-refractivity contribution in [3.63, 3.8) is 0 Å². The summed E-state index contributed by atoms with van der Waals surface area (Å²) < 4.78 is 0. The molecule has 0 fully saturated rings. The average molecular weight is 196 g/mol. The summed E-state index contributed by atoms with van der Waals surface area (Å²) >= 11 is 0. The lowest BCUT2D eigenvalue weighted by molar-refractivity contribution is 0.551. The van der Waals surface area contributed by atoms with E-state index in [1.165, 1.54) is 21.9 Å². The van der Waals surface area contributed by atoms with Crippen LogP contribution in [0, 0.1) is 6.07 Å². The van der Waals surface area contributed by atoms with Crippen molar-refractivity contribution >= 4 is 10.8 Å². The first-order valence-electron chi connectivity index (χ1n) is 5.47. The van der Waals surface area contributed by atoms with Gasteiger partial charge < -0.3 is 5.32 Å². The second-order valence-electron chi connectivity index (χ2n) is 4.24. The highest BCUT2D eigenvalue weighted by molar-refractivity contribution is 5.89. The first kappa shape index (κ1) is 8.93. The van der Waals surface area contributed by atoms with Gasteiger partial charge in [0.2, 0.25) is 0 Å². The molecule has 2 aromatic carbocycles. The lowest BCUT2D eigenvalue weighted by atomic mass is 9.86. The molecule has 15 heavy (non-hydrogen) atoms. The summed E-state index contributed by atoms with van der Waals surface area (Å²) in [5, 5.41) is 6.08. The van der Waals surface area contributed by atoms with Crippen LogP contribution in [0.2, 0.25) is 0 Å². The van der Waals surface area contributed by atoms with E-state index < -0.39 is 0 Å². The zero-order chi connectivity index (χ0) is 10.3. The van der Waals surface area contributed by atoms with Gasteiger partial charge in [0.15, 0.2) is 0 Å². The van der Waals surface area contributed by atoms with Gasteiger partial charge in [-0.3, -0.25) is 0 Å². The van der Waals surface area contributed by atoms with Gasteiger partial charge in [0.05, 0.1) is 0 Å². The molecule has 1 aliphatic rings. The van der Waals surface area contributed by atoms with Crippen LogP contribution in [0.15, 0.2) is 30.3 Å². The van der Waals surface area contributed by atoms with Crippen LogP contribution in [0.4, 0.5) is 0 Å². The molecule has 75 valence electrons. The molecule has 0 bridgehead atoms. The highest BCUT2D eigenvalue weighted by Gasteiger charge is 2.18. The number of likely N-dealkylation sites (N-methyl/N-ethyl adjacent to an activating group) is 1. The smallest absolute Gasteiger partial charge is 0.0145 e. The third kappa shape index (κ3) is 1.35. The highest BCUT2D eigenvalue weighted by atomic mass is 14.9. The molecule has 0 saturated heterocycles. The van der Waals surface area contributed by atoms with Crippen molar-refractivity contribution in [2.45, 2.75) is 18.9 Å². The molecule has 1 unspecified atom stereocenters. The van der Waals surface area contributed by atoms with Gasteiger partial charge in [0.25, 0.3) is 0 Å².